The van der Waals surface area contributed by atoms with Gasteiger partial charge in [0.15, 0.2) is 0 Å². The largest absolute Gasteiger partial charge is 0.369 e. The highest BCUT2D eigenvalue weighted by Gasteiger charge is 2.37. The first-order valence-electron chi connectivity index (χ1n) is 9.25. The first-order chi connectivity index (χ1) is 10.7. The van der Waals surface area contributed by atoms with Crippen LogP contribution in [0.4, 0.5) is 5.69 Å². The van der Waals surface area contributed by atoms with E-state index >= 15 is 0 Å². The van der Waals surface area contributed by atoms with E-state index in [1.807, 2.05) is 0 Å². The third kappa shape index (κ3) is 2.78. The highest BCUT2D eigenvalue weighted by molar-refractivity contribution is 5.55. The molecule has 3 fully saturated rings. The predicted octanol–water partition coefficient (Wildman–Crippen LogP) is 4.00. The van der Waals surface area contributed by atoms with Crippen LogP contribution in [0, 0.1) is 25.7 Å². The second-order valence-electron chi connectivity index (χ2n) is 7.98. The van der Waals surface area contributed by atoms with Gasteiger partial charge in [-0.2, -0.15) is 0 Å². The van der Waals surface area contributed by atoms with Gasteiger partial charge in [-0.3, -0.25) is 4.90 Å². The van der Waals surface area contributed by atoms with Gasteiger partial charge in [-0.15, -0.1) is 0 Å². The van der Waals surface area contributed by atoms with Crippen molar-refractivity contribution in [3.8, 4) is 0 Å². The van der Waals surface area contributed by atoms with Gasteiger partial charge in [0, 0.05) is 37.9 Å². The zero-order chi connectivity index (χ0) is 15.1. The van der Waals surface area contributed by atoms with Crippen molar-refractivity contribution >= 4 is 5.69 Å². The molecule has 2 aliphatic carbocycles. The number of hydrogen-bond acceptors (Lipinski definition) is 2. The van der Waals surface area contributed by atoms with E-state index in [0.717, 1.165) is 17.9 Å². The zero-order valence-corrected chi connectivity index (χ0v) is 14.2. The molecule has 1 aromatic rings. The van der Waals surface area contributed by atoms with Gasteiger partial charge >= 0.3 is 0 Å². The van der Waals surface area contributed by atoms with Crippen LogP contribution in [0.1, 0.15) is 43.2 Å². The molecule has 120 valence electrons. The molecule has 2 nitrogen and oxygen atoms in total. The summed E-state index contributed by atoms with van der Waals surface area (Å²) in [4.78, 5) is 5.42. The van der Waals surface area contributed by atoms with Gasteiger partial charge in [-0.25, -0.2) is 0 Å². The third-order valence-electron chi connectivity index (χ3n) is 6.40. The van der Waals surface area contributed by atoms with Gasteiger partial charge in [-0.1, -0.05) is 25.0 Å². The van der Waals surface area contributed by atoms with Crippen LogP contribution in [0.2, 0.25) is 0 Å². The smallest absolute Gasteiger partial charge is 0.0399 e. The summed E-state index contributed by atoms with van der Waals surface area (Å²) in [5, 5.41) is 0. The van der Waals surface area contributed by atoms with Crippen LogP contribution in [-0.2, 0) is 0 Å². The van der Waals surface area contributed by atoms with Crippen LogP contribution < -0.4 is 4.90 Å². The molecule has 2 saturated carbocycles. The van der Waals surface area contributed by atoms with E-state index in [4.69, 9.17) is 0 Å². The maximum absolute atomic E-state index is 2.81. The molecule has 0 amide bonds. The van der Waals surface area contributed by atoms with E-state index in [-0.39, 0.29) is 0 Å². The lowest BCUT2D eigenvalue weighted by molar-refractivity contribution is 0.119. The molecule has 0 spiro atoms. The lowest BCUT2D eigenvalue weighted by Gasteiger charge is -2.43. The number of aryl methyl sites for hydroxylation is 2. The Kier molecular flexibility index (Phi) is 3.89. The van der Waals surface area contributed by atoms with Crippen molar-refractivity contribution in [2.75, 3.05) is 31.1 Å². The SMILES string of the molecule is Cc1ccc(C)c(N2CCN(C3C[C@H]4CC[C@H](C3)C4)CC2)c1. The minimum absolute atomic E-state index is 0.895. The van der Waals surface area contributed by atoms with Crippen molar-refractivity contribution in [3.05, 3.63) is 29.3 Å². The molecule has 0 radical (unpaired) electrons. The van der Waals surface area contributed by atoms with Crippen molar-refractivity contribution < 1.29 is 0 Å². The molecule has 3 aliphatic rings. The average Bonchev–Trinajstić information content (AvgIpc) is 2.88. The molecule has 2 bridgehead atoms. The summed E-state index contributed by atoms with van der Waals surface area (Å²) >= 11 is 0. The number of anilines is 1. The van der Waals surface area contributed by atoms with Crippen molar-refractivity contribution in [3.63, 3.8) is 0 Å². The Morgan fingerprint density at radius 3 is 2.23 bits per heavy atom. The first kappa shape index (κ1) is 14.6. The molecular formula is C20H30N2. The van der Waals surface area contributed by atoms with E-state index in [9.17, 15) is 0 Å². The van der Waals surface area contributed by atoms with E-state index in [1.54, 1.807) is 6.42 Å². The Labute approximate surface area is 135 Å². The van der Waals surface area contributed by atoms with Crippen LogP contribution in [0.3, 0.4) is 0 Å². The summed E-state index contributed by atoms with van der Waals surface area (Å²) in [6.07, 6.45) is 7.55. The highest BCUT2D eigenvalue weighted by atomic mass is 15.3. The molecule has 0 aromatic heterocycles. The minimum Gasteiger partial charge on any atom is -0.369 e. The van der Waals surface area contributed by atoms with Crippen LogP contribution >= 0.6 is 0 Å². The Hall–Kier alpha value is -1.02. The quantitative estimate of drug-likeness (QED) is 0.814. The number of rotatable bonds is 2. The van der Waals surface area contributed by atoms with E-state index in [2.05, 4.69) is 41.8 Å². The highest BCUT2D eigenvalue weighted by Crippen LogP contribution is 2.43. The molecule has 0 unspecified atom stereocenters. The standard InChI is InChI=1S/C20H30N2/c1-15-3-4-16(2)20(11-15)22-9-7-21(8-10-22)19-13-17-5-6-18(12-17)14-19/h3-4,11,17-19H,5-10,12-14H2,1-2H3/t17-,18-/m0/s1. The van der Waals surface area contributed by atoms with E-state index < -0.39 is 0 Å². The Bertz CT molecular complexity index is 519. The molecule has 2 heteroatoms. The van der Waals surface area contributed by atoms with E-state index in [0.29, 0.717) is 0 Å². The van der Waals surface area contributed by atoms with Gasteiger partial charge in [0.05, 0.1) is 0 Å². The maximum Gasteiger partial charge on any atom is 0.0399 e. The van der Waals surface area contributed by atoms with Gasteiger partial charge in [0.1, 0.15) is 0 Å². The summed E-state index contributed by atoms with van der Waals surface area (Å²) in [6, 6.07) is 7.77. The number of piperazine rings is 1. The lowest BCUT2D eigenvalue weighted by atomic mass is 9.84. The summed E-state index contributed by atoms with van der Waals surface area (Å²) in [5.74, 6) is 2.11. The Balaban J connectivity index is 1.39. The monoisotopic (exact) mass is 298 g/mol. The first-order valence-corrected chi connectivity index (χ1v) is 9.25. The zero-order valence-electron chi connectivity index (χ0n) is 14.2. The number of fused-ring (bicyclic) bond motifs is 2. The molecule has 1 saturated heterocycles. The van der Waals surface area contributed by atoms with E-state index in [1.165, 1.54) is 68.7 Å². The van der Waals surface area contributed by atoms with Crippen molar-refractivity contribution in [2.45, 2.75) is 52.0 Å². The van der Waals surface area contributed by atoms with Crippen LogP contribution in [-0.4, -0.2) is 37.1 Å². The molecular weight excluding hydrogens is 268 g/mol. The molecule has 1 aliphatic heterocycles. The normalized spacial score (nSPS) is 32.5. The summed E-state index contributed by atoms with van der Waals surface area (Å²) < 4.78 is 0. The van der Waals surface area contributed by atoms with Crippen molar-refractivity contribution in [2.24, 2.45) is 11.8 Å². The van der Waals surface area contributed by atoms with Crippen molar-refractivity contribution in [1.82, 2.24) is 4.90 Å². The summed E-state index contributed by atoms with van der Waals surface area (Å²) in [6.45, 7) is 9.39. The maximum atomic E-state index is 2.81. The molecule has 2 atom stereocenters. The average molecular weight is 298 g/mol. The van der Waals surface area contributed by atoms with Crippen LogP contribution in [0.25, 0.3) is 0 Å². The molecule has 4 rings (SSSR count). The fourth-order valence-electron chi connectivity index (χ4n) is 5.16. The van der Waals surface area contributed by atoms with Gasteiger partial charge in [0.2, 0.25) is 0 Å². The summed E-state index contributed by atoms with van der Waals surface area (Å²) in [7, 11) is 0. The molecule has 1 heterocycles. The molecule has 1 aromatic carbocycles. The topological polar surface area (TPSA) is 6.48 Å². The van der Waals surface area contributed by atoms with Gasteiger partial charge in [-0.05, 0) is 62.1 Å². The number of nitrogens with zero attached hydrogens (tertiary/aromatic N) is 2. The second-order valence-corrected chi connectivity index (χ2v) is 7.98. The van der Waals surface area contributed by atoms with Crippen LogP contribution in [0.5, 0.6) is 0 Å². The summed E-state index contributed by atoms with van der Waals surface area (Å²) in [5.41, 5.74) is 4.27. The lowest BCUT2D eigenvalue weighted by Crippen LogP contribution is -2.51. The third-order valence-corrected chi connectivity index (χ3v) is 6.40. The Morgan fingerprint density at radius 1 is 0.864 bits per heavy atom. The van der Waals surface area contributed by atoms with Crippen molar-refractivity contribution in [1.29, 1.82) is 0 Å². The fraction of sp³-hybridized carbons (Fsp3) is 0.700. The minimum atomic E-state index is 0.895. The fourth-order valence-corrected chi connectivity index (χ4v) is 5.16. The van der Waals surface area contributed by atoms with Gasteiger partial charge < -0.3 is 4.90 Å². The van der Waals surface area contributed by atoms with Crippen LogP contribution in [0.15, 0.2) is 18.2 Å². The molecule has 0 N–H and O–H groups in total. The second kappa shape index (κ2) is 5.88. The van der Waals surface area contributed by atoms with Gasteiger partial charge in [0.25, 0.3) is 0 Å². The molecule has 22 heavy (non-hydrogen) atoms. The Morgan fingerprint density at radius 2 is 1.55 bits per heavy atom. The number of hydrogen-bond donors (Lipinski definition) is 0. The number of benzene rings is 1. The predicted molar refractivity (Wildman–Crippen MR) is 93.6 cm³/mol.